The molecule has 0 saturated heterocycles. The first kappa shape index (κ1) is 13.2. The Balaban J connectivity index is 2.08. The van der Waals surface area contributed by atoms with E-state index in [9.17, 15) is 0 Å². The summed E-state index contributed by atoms with van der Waals surface area (Å²) in [6, 6.07) is 18.1. The highest BCUT2D eigenvalue weighted by molar-refractivity contribution is 5.75. The maximum atomic E-state index is 6.12. The Labute approximate surface area is 124 Å². The van der Waals surface area contributed by atoms with Crippen LogP contribution in [0.2, 0.25) is 0 Å². The maximum Gasteiger partial charge on any atom is 0.160 e. The summed E-state index contributed by atoms with van der Waals surface area (Å²) < 4.78 is 1.44. The molecule has 106 valence electrons. The highest BCUT2D eigenvalue weighted by Crippen LogP contribution is 2.29. The normalized spacial score (nSPS) is 10.7. The minimum absolute atomic E-state index is 0.470. The van der Waals surface area contributed by atoms with Crippen LogP contribution in [0, 0.1) is 0 Å². The van der Waals surface area contributed by atoms with Crippen LogP contribution < -0.4 is 11.6 Å². The zero-order valence-corrected chi connectivity index (χ0v) is 12.0. The number of anilines is 1. The molecule has 0 aliphatic carbocycles. The van der Waals surface area contributed by atoms with Crippen LogP contribution in [0.25, 0.3) is 22.6 Å². The highest BCUT2D eigenvalue weighted by Gasteiger charge is 2.15. The molecule has 0 saturated carbocycles. The third-order valence-corrected chi connectivity index (χ3v) is 3.62. The van der Waals surface area contributed by atoms with Gasteiger partial charge in [-0.3, -0.25) is 0 Å². The van der Waals surface area contributed by atoms with Gasteiger partial charge in [-0.05, 0) is 12.0 Å². The number of aromatic nitrogens is 2. The van der Waals surface area contributed by atoms with Crippen molar-refractivity contribution < 1.29 is 0 Å². The number of aryl methyl sites for hydroxylation is 1. The average Bonchev–Trinajstić information content (AvgIpc) is 2.84. The van der Waals surface area contributed by atoms with Crippen molar-refractivity contribution in [3.05, 3.63) is 60.2 Å². The molecule has 0 atom stereocenters. The molecule has 0 aliphatic rings. The van der Waals surface area contributed by atoms with Crippen LogP contribution in [0.15, 0.2) is 54.6 Å². The van der Waals surface area contributed by atoms with Crippen molar-refractivity contribution in [2.75, 3.05) is 11.6 Å². The lowest BCUT2D eigenvalue weighted by Crippen LogP contribution is -2.13. The summed E-state index contributed by atoms with van der Waals surface area (Å²) in [5.41, 5.74) is 10.1. The smallest absolute Gasteiger partial charge is 0.160 e. The molecule has 1 heterocycles. The molecule has 3 aromatic rings. The first-order valence-electron chi connectivity index (χ1n) is 6.98. The van der Waals surface area contributed by atoms with Crippen LogP contribution in [-0.2, 0) is 6.42 Å². The largest absolute Gasteiger partial charge is 0.382 e. The molecule has 1 aromatic heterocycles. The van der Waals surface area contributed by atoms with Gasteiger partial charge < -0.3 is 11.6 Å². The number of imidazole rings is 1. The predicted octanol–water partition coefficient (Wildman–Crippen LogP) is 3.08. The summed E-state index contributed by atoms with van der Waals surface area (Å²) >= 11 is 0. The van der Waals surface area contributed by atoms with Crippen LogP contribution in [0.4, 0.5) is 5.82 Å². The van der Waals surface area contributed by atoms with E-state index in [1.54, 1.807) is 0 Å². The number of nitrogens with two attached hydrogens (primary N) is 2. The summed E-state index contributed by atoms with van der Waals surface area (Å²) in [6.45, 7) is 2.13. The Morgan fingerprint density at radius 3 is 2.24 bits per heavy atom. The lowest BCUT2D eigenvalue weighted by molar-refractivity contribution is 1.02. The fraction of sp³-hybridized carbons (Fsp3) is 0.118. The molecule has 4 heteroatoms. The number of nitrogen functional groups attached to an aromatic ring is 2. The van der Waals surface area contributed by atoms with E-state index < -0.39 is 0 Å². The van der Waals surface area contributed by atoms with Gasteiger partial charge >= 0.3 is 0 Å². The van der Waals surface area contributed by atoms with E-state index in [-0.39, 0.29) is 0 Å². The van der Waals surface area contributed by atoms with Gasteiger partial charge in [0.25, 0.3) is 0 Å². The standard InChI is InChI=1S/C17H18N4/c1-2-12-8-10-13(11-9-12)15-16(18)21(19)17(20-15)14-6-4-3-5-7-14/h3-11H,2,18-19H2,1H3. The molecule has 0 unspecified atom stereocenters. The fourth-order valence-corrected chi connectivity index (χ4v) is 2.35. The molecule has 0 bridgehead atoms. The molecular weight excluding hydrogens is 260 g/mol. The van der Waals surface area contributed by atoms with Gasteiger partial charge in [-0.15, -0.1) is 0 Å². The molecule has 0 aliphatic heterocycles. The van der Waals surface area contributed by atoms with Crippen LogP contribution in [0.3, 0.4) is 0 Å². The van der Waals surface area contributed by atoms with Crippen molar-refractivity contribution in [3.8, 4) is 22.6 Å². The van der Waals surface area contributed by atoms with Crippen LogP contribution in [0.1, 0.15) is 12.5 Å². The number of hydrogen-bond acceptors (Lipinski definition) is 3. The zero-order valence-electron chi connectivity index (χ0n) is 12.0. The Kier molecular flexibility index (Phi) is 3.36. The topological polar surface area (TPSA) is 69.9 Å². The van der Waals surface area contributed by atoms with Crippen molar-refractivity contribution >= 4 is 5.82 Å². The second-order valence-corrected chi connectivity index (χ2v) is 4.96. The summed E-state index contributed by atoms with van der Waals surface area (Å²) in [4.78, 5) is 4.62. The molecule has 0 spiro atoms. The quantitative estimate of drug-likeness (QED) is 0.723. The van der Waals surface area contributed by atoms with Gasteiger partial charge in [-0.2, -0.15) is 0 Å². The molecule has 21 heavy (non-hydrogen) atoms. The minimum atomic E-state index is 0.470. The minimum Gasteiger partial charge on any atom is -0.382 e. The summed E-state index contributed by atoms with van der Waals surface area (Å²) in [7, 11) is 0. The predicted molar refractivity (Wildman–Crippen MR) is 87.0 cm³/mol. The second-order valence-electron chi connectivity index (χ2n) is 4.96. The van der Waals surface area contributed by atoms with Gasteiger partial charge in [0.2, 0.25) is 0 Å². The number of benzene rings is 2. The lowest BCUT2D eigenvalue weighted by Gasteiger charge is -2.02. The highest BCUT2D eigenvalue weighted by atomic mass is 15.4. The number of hydrogen-bond donors (Lipinski definition) is 2. The van der Waals surface area contributed by atoms with Gasteiger partial charge in [-0.25, -0.2) is 9.66 Å². The summed E-state index contributed by atoms with van der Waals surface area (Å²) in [6.07, 6.45) is 1.01. The molecule has 4 nitrogen and oxygen atoms in total. The Hall–Kier alpha value is -2.75. The average molecular weight is 278 g/mol. The summed E-state index contributed by atoms with van der Waals surface area (Å²) in [5.74, 6) is 7.20. The molecule has 0 fully saturated rings. The lowest BCUT2D eigenvalue weighted by atomic mass is 10.1. The van der Waals surface area contributed by atoms with Gasteiger partial charge in [0.05, 0.1) is 0 Å². The van der Waals surface area contributed by atoms with Crippen molar-refractivity contribution in [2.24, 2.45) is 0 Å². The zero-order chi connectivity index (χ0) is 14.8. The van der Waals surface area contributed by atoms with Crippen LogP contribution in [-0.4, -0.2) is 9.66 Å². The van der Waals surface area contributed by atoms with E-state index in [0.717, 1.165) is 23.2 Å². The van der Waals surface area contributed by atoms with Gasteiger partial charge in [0, 0.05) is 11.1 Å². The molecule has 4 N–H and O–H groups in total. The number of rotatable bonds is 3. The molecule has 3 rings (SSSR count). The first-order valence-corrected chi connectivity index (χ1v) is 6.98. The van der Waals surface area contributed by atoms with E-state index in [4.69, 9.17) is 11.6 Å². The first-order chi connectivity index (χ1) is 10.2. The van der Waals surface area contributed by atoms with Crippen LogP contribution >= 0.6 is 0 Å². The SMILES string of the molecule is CCc1ccc(-c2nc(-c3ccccc3)n(N)c2N)cc1. The monoisotopic (exact) mass is 278 g/mol. The molecule has 0 radical (unpaired) electrons. The maximum absolute atomic E-state index is 6.12. The van der Waals surface area contributed by atoms with E-state index in [2.05, 4.69) is 24.0 Å². The molecular formula is C17H18N4. The van der Waals surface area contributed by atoms with Crippen molar-refractivity contribution in [3.63, 3.8) is 0 Å². The van der Waals surface area contributed by atoms with Crippen molar-refractivity contribution in [1.82, 2.24) is 9.66 Å². The molecule has 2 aromatic carbocycles. The van der Waals surface area contributed by atoms with Gasteiger partial charge in [-0.1, -0.05) is 61.5 Å². The Morgan fingerprint density at radius 1 is 0.952 bits per heavy atom. The van der Waals surface area contributed by atoms with Gasteiger partial charge in [0.1, 0.15) is 5.69 Å². The molecule has 0 amide bonds. The van der Waals surface area contributed by atoms with Crippen molar-refractivity contribution in [1.29, 1.82) is 0 Å². The summed E-state index contributed by atoms with van der Waals surface area (Å²) in [5, 5.41) is 0. The second kappa shape index (κ2) is 5.32. The third kappa shape index (κ3) is 2.36. The van der Waals surface area contributed by atoms with E-state index in [0.29, 0.717) is 11.6 Å². The van der Waals surface area contributed by atoms with Crippen molar-refractivity contribution in [2.45, 2.75) is 13.3 Å². The fourth-order valence-electron chi connectivity index (χ4n) is 2.35. The Morgan fingerprint density at radius 2 is 1.62 bits per heavy atom. The Bertz CT molecular complexity index is 742. The van der Waals surface area contributed by atoms with E-state index in [1.165, 1.54) is 10.2 Å². The van der Waals surface area contributed by atoms with Gasteiger partial charge in [0.15, 0.2) is 11.6 Å². The number of nitrogens with zero attached hydrogens (tertiary/aromatic N) is 2. The van der Waals surface area contributed by atoms with Crippen LogP contribution in [0.5, 0.6) is 0 Å². The third-order valence-electron chi connectivity index (χ3n) is 3.62. The van der Waals surface area contributed by atoms with E-state index in [1.807, 2.05) is 42.5 Å². The van der Waals surface area contributed by atoms with E-state index >= 15 is 0 Å².